The molecule has 0 bridgehead atoms. The Bertz CT molecular complexity index is 572. The van der Waals surface area contributed by atoms with Crippen molar-refractivity contribution < 1.29 is 5.11 Å². The van der Waals surface area contributed by atoms with Gasteiger partial charge in [0.2, 0.25) is 5.95 Å². The fraction of sp³-hybridized carbons (Fsp3) is 0.308. The average Bonchev–Trinajstić information content (AvgIpc) is 2.43. The van der Waals surface area contributed by atoms with Crippen LogP contribution in [0.1, 0.15) is 12.8 Å². The maximum atomic E-state index is 9.36. The van der Waals surface area contributed by atoms with Gasteiger partial charge in [-0.15, -0.1) is 6.58 Å². The van der Waals surface area contributed by atoms with Gasteiger partial charge in [0.25, 0.3) is 0 Å². The van der Waals surface area contributed by atoms with E-state index >= 15 is 0 Å². The molecular formula is C13H17N5O. The third-order valence-electron chi connectivity index (χ3n) is 2.75. The molecule has 0 fully saturated rings. The molecule has 2 rings (SSSR count). The van der Waals surface area contributed by atoms with E-state index in [0.717, 1.165) is 12.8 Å². The van der Waals surface area contributed by atoms with Crippen molar-refractivity contribution in [3.05, 3.63) is 31.0 Å². The zero-order valence-electron chi connectivity index (χ0n) is 10.6. The summed E-state index contributed by atoms with van der Waals surface area (Å²) in [6.45, 7) is 3.68. The summed E-state index contributed by atoms with van der Waals surface area (Å²) in [4.78, 5) is 12.5. The molecule has 2 aromatic heterocycles. The fourth-order valence-electron chi connectivity index (χ4n) is 1.81. The minimum absolute atomic E-state index is 0.00603. The Morgan fingerprint density at radius 1 is 1.47 bits per heavy atom. The number of aliphatic hydroxyl groups excluding tert-OH is 1. The highest BCUT2D eigenvalue weighted by atomic mass is 16.3. The second-order valence-corrected chi connectivity index (χ2v) is 4.19. The van der Waals surface area contributed by atoms with Crippen LogP contribution in [0, 0.1) is 0 Å². The van der Waals surface area contributed by atoms with E-state index in [-0.39, 0.29) is 18.6 Å². The number of pyridine rings is 1. The van der Waals surface area contributed by atoms with Crippen LogP contribution in [0.4, 0.5) is 11.8 Å². The lowest BCUT2D eigenvalue weighted by Crippen LogP contribution is -2.24. The number of allylic oxidation sites excluding steroid dienone is 1. The second-order valence-electron chi connectivity index (χ2n) is 4.19. The van der Waals surface area contributed by atoms with Crippen LogP contribution in [-0.2, 0) is 0 Å². The second kappa shape index (κ2) is 6.10. The van der Waals surface area contributed by atoms with Gasteiger partial charge < -0.3 is 16.2 Å². The van der Waals surface area contributed by atoms with Crippen molar-refractivity contribution in [2.45, 2.75) is 18.9 Å². The Labute approximate surface area is 111 Å². The molecule has 0 saturated carbocycles. The molecule has 6 heteroatoms. The van der Waals surface area contributed by atoms with Gasteiger partial charge in [0, 0.05) is 6.20 Å². The van der Waals surface area contributed by atoms with Crippen molar-refractivity contribution in [2.24, 2.45) is 0 Å². The van der Waals surface area contributed by atoms with Crippen LogP contribution < -0.4 is 11.1 Å². The molecule has 0 aliphatic heterocycles. The molecule has 1 unspecified atom stereocenters. The lowest BCUT2D eigenvalue weighted by molar-refractivity contribution is 0.269. The molecule has 0 aliphatic carbocycles. The van der Waals surface area contributed by atoms with E-state index in [4.69, 9.17) is 5.73 Å². The van der Waals surface area contributed by atoms with Crippen molar-refractivity contribution in [3.8, 4) is 0 Å². The monoisotopic (exact) mass is 259 g/mol. The van der Waals surface area contributed by atoms with E-state index in [2.05, 4.69) is 26.8 Å². The van der Waals surface area contributed by atoms with Gasteiger partial charge in [-0.1, -0.05) is 6.08 Å². The molecule has 0 aromatic carbocycles. The first-order valence-corrected chi connectivity index (χ1v) is 6.11. The summed E-state index contributed by atoms with van der Waals surface area (Å²) in [7, 11) is 0. The molecule has 100 valence electrons. The van der Waals surface area contributed by atoms with Gasteiger partial charge in [-0.25, -0.2) is 4.98 Å². The lowest BCUT2D eigenvalue weighted by atomic mass is 10.1. The van der Waals surface area contributed by atoms with Gasteiger partial charge in [-0.3, -0.25) is 4.98 Å². The summed E-state index contributed by atoms with van der Waals surface area (Å²) in [5, 5.41) is 12.5. The van der Waals surface area contributed by atoms with E-state index in [1.165, 1.54) is 0 Å². The molecule has 2 aromatic rings. The van der Waals surface area contributed by atoms with Gasteiger partial charge in [-0.2, -0.15) is 4.98 Å². The summed E-state index contributed by atoms with van der Waals surface area (Å²) in [5.74, 6) is 0.731. The first kappa shape index (κ1) is 13.2. The third-order valence-corrected chi connectivity index (χ3v) is 2.75. The number of aromatic nitrogens is 3. The Hall–Kier alpha value is -2.21. The summed E-state index contributed by atoms with van der Waals surface area (Å²) < 4.78 is 0. The Kier molecular flexibility index (Phi) is 4.25. The third kappa shape index (κ3) is 3.17. The van der Waals surface area contributed by atoms with Crippen LogP contribution >= 0.6 is 0 Å². The molecule has 0 saturated heterocycles. The summed E-state index contributed by atoms with van der Waals surface area (Å²) >= 11 is 0. The normalized spacial score (nSPS) is 12.3. The highest BCUT2D eigenvalue weighted by Crippen LogP contribution is 2.19. The largest absolute Gasteiger partial charge is 0.394 e. The van der Waals surface area contributed by atoms with Crippen molar-refractivity contribution in [1.82, 2.24) is 15.0 Å². The predicted octanol–water partition coefficient (Wildman–Crippen LogP) is 1.35. The topological polar surface area (TPSA) is 97.0 Å². The number of anilines is 2. The number of fused-ring (bicyclic) bond motifs is 1. The molecule has 1 atom stereocenters. The Morgan fingerprint density at radius 3 is 3.05 bits per heavy atom. The van der Waals surface area contributed by atoms with Gasteiger partial charge in [0.15, 0.2) is 5.82 Å². The number of nitrogen functional groups attached to an aromatic ring is 1. The number of nitrogens with two attached hydrogens (primary N) is 1. The van der Waals surface area contributed by atoms with Crippen molar-refractivity contribution in [2.75, 3.05) is 17.7 Å². The molecule has 2 heterocycles. The number of nitrogens with one attached hydrogen (secondary N) is 1. The van der Waals surface area contributed by atoms with Gasteiger partial charge in [0.1, 0.15) is 5.52 Å². The molecule has 6 nitrogen and oxygen atoms in total. The highest BCUT2D eigenvalue weighted by molar-refractivity contribution is 5.85. The standard InChI is InChI=1S/C13H17N5O/c1-2-3-5-9(8-19)16-12-11-10(6-4-7-15-11)17-13(14)18-12/h2,4,6-7,9,19H,1,3,5,8H2,(H3,14,16,17,18). The number of hydrogen-bond donors (Lipinski definition) is 3. The van der Waals surface area contributed by atoms with Crippen LogP contribution in [0.25, 0.3) is 11.0 Å². The number of nitrogens with zero attached hydrogens (tertiary/aromatic N) is 3. The zero-order valence-corrected chi connectivity index (χ0v) is 10.6. The highest BCUT2D eigenvalue weighted by Gasteiger charge is 2.12. The average molecular weight is 259 g/mol. The first-order valence-electron chi connectivity index (χ1n) is 6.11. The molecule has 0 amide bonds. The first-order chi connectivity index (χ1) is 9.24. The van der Waals surface area contributed by atoms with E-state index in [9.17, 15) is 5.11 Å². The summed E-state index contributed by atoms with van der Waals surface area (Å²) in [5.41, 5.74) is 7.00. The molecule has 4 N–H and O–H groups in total. The van der Waals surface area contributed by atoms with E-state index in [0.29, 0.717) is 16.9 Å². The minimum atomic E-state index is -0.113. The number of aliphatic hydroxyl groups is 1. The van der Waals surface area contributed by atoms with Crippen molar-refractivity contribution >= 4 is 22.8 Å². The van der Waals surface area contributed by atoms with Gasteiger partial charge >= 0.3 is 0 Å². The maximum absolute atomic E-state index is 9.36. The summed E-state index contributed by atoms with van der Waals surface area (Å²) in [6, 6.07) is 3.50. The van der Waals surface area contributed by atoms with E-state index in [1.807, 2.05) is 12.1 Å². The van der Waals surface area contributed by atoms with E-state index in [1.54, 1.807) is 12.3 Å². The van der Waals surface area contributed by atoms with Crippen LogP contribution in [0.2, 0.25) is 0 Å². The molecule has 19 heavy (non-hydrogen) atoms. The molecule has 0 spiro atoms. The quantitative estimate of drug-likeness (QED) is 0.677. The zero-order chi connectivity index (χ0) is 13.7. The number of hydrogen-bond acceptors (Lipinski definition) is 6. The predicted molar refractivity (Wildman–Crippen MR) is 75.7 cm³/mol. The van der Waals surface area contributed by atoms with Crippen LogP contribution in [0.3, 0.4) is 0 Å². The Balaban J connectivity index is 2.30. The van der Waals surface area contributed by atoms with Crippen LogP contribution in [0.5, 0.6) is 0 Å². The molecule has 0 radical (unpaired) electrons. The van der Waals surface area contributed by atoms with Gasteiger partial charge in [-0.05, 0) is 25.0 Å². The Morgan fingerprint density at radius 2 is 2.32 bits per heavy atom. The van der Waals surface area contributed by atoms with Crippen LogP contribution in [0.15, 0.2) is 31.0 Å². The fourth-order valence-corrected chi connectivity index (χ4v) is 1.81. The number of rotatable bonds is 6. The molecular weight excluding hydrogens is 242 g/mol. The maximum Gasteiger partial charge on any atom is 0.222 e. The molecule has 0 aliphatic rings. The van der Waals surface area contributed by atoms with E-state index < -0.39 is 0 Å². The lowest BCUT2D eigenvalue weighted by Gasteiger charge is -2.17. The van der Waals surface area contributed by atoms with Crippen molar-refractivity contribution in [3.63, 3.8) is 0 Å². The SMILES string of the molecule is C=CCCC(CO)Nc1nc(N)nc2cccnc12. The van der Waals surface area contributed by atoms with Crippen molar-refractivity contribution in [1.29, 1.82) is 0 Å². The smallest absolute Gasteiger partial charge is 0.222 e. The van der Waals surface area contributed by atoms with Gasteiger partial charge in [0.05, 0.1) is 18.2 Å². The minimum Gasteiger partial charge on any atom is -0.394 e. The summed E-state index contributed by atoms with van der Waals surface area (Å²) in [6.07, 6.45) is 5.06. The van der Waals surface area contributed by atoms with Crippen LogP contribution in [-0.4, -0.2) is 32.7 Å².